The number of anilines is 1. The lowest BCUT2D eigenvalue weighted by Crippen LogP contribution is -2.41. The van der Waals surface area contributed by atoms with Gasteiger partial charge < -0.3 is 15.0 Å². The Labute approximate surface area is 258 Å². The van der Waals surface area contributed by atoms with Crippen LogP contribution in [0.5, 0.6) is 0 Å². The zero-order chi connectivity index (χ0) is 30.4. The van der Waals surface area contributed by atoms with Crippen molar-refractivity contribution in [3.05, 3.63) is 81.7 Å². The number of nitrogens with one attached hydrogen (secondary N) is 1. The Morgan fingerprint density at radius 3 is 2.40 bits per heavy atom. The van der Waals surface area contributed by atoms with E-state index in [9.17, 15) is 18.0 Å². The van der Waals surface area contributed by atoms with Crippen LogP contribution in [-0.4, -0.2) is 80.3 Å². The van der Waals surface area contributed by atoms with Crippen molar-refractivity contribution in [2.45, 2.75) is 51.1 Å². The highest BCUT2D eigenvalue weighted by Gasteiger charge is 2.32. The topological polar surface area (TPSA) is 99.3 Å². The predicted molar refractivity (Wildman–Crippen MR) is 169 cm³/mol. The zero-order valence-electron chi connectivity index (χ0n) is 24.9. The summed E-state index contributed by atoms with van der Waals surface area (Å²) in [6.07, 6.45) is 2.41. The van der Waals surface area contributed by atoms with Crippen LogP contribution in [0, 0.1) is 0 Å². The van der Waals surface area contributed by atoms with Crippen LogP contribution in [-0.2, 0) is 34.3 Å². The van der Waals surface area contributed by atoms with Gasteiger partial charge >= 0.3 is 0 Å². The molecule has 11 heteroatoms. The van der Waals surface area contributed by atoms with Crippen LogP contribution in [0.2, 0.25) is 0 Å². The maximum atomic E-state index is 13.8. The third-order valence-electron chi connectivity index (χ3n) is 7.99. The van der Waals surface area contributed by atoms with Crippen molar-refractivity contribution in [1.29, 1.82) is 0 Å². The summed E-state index contributed by atoms with van der Waals surface area (Å²) >= 11 is 1.46. The van der Waals surface area contributed by atoms with E-state index in [2.05, 4.69) is 22.3 Å². The summed E-state index contributed by atoms with van der Waals surface area (Å²) in [7, 11) is -3.65. The number of benzene rings is 2. The number of amides is 2. The molecule has 2 amide bonds. The van der Waals surface area contributed by atoms with Gasteiger partial charge in [0.2, 0.25) is 10.0 Å². The van der Waals surface area contributed by atoms with Crippen LogP contribution in [0.4, 0.5) is 5.00 Å². The minimum atomic E-state index is -3.65. The summed E-state index contributed by atoms with van der Waals surface area (Å²) < 4.78 is 33.2. The molecule has 1 aromatic heterocycles. The van der Waals surface area contributed by atoms with Gasteiger partial charge in [-0.05, 0) is 48.2 Å². The van der Waals surface area contributed by atoms with Crippen molar-refractivity contribution < 1.29 is 22.7 Å². The van der Waals surface area contributed by atoms with E-state index in [0.29, 0.717) is 62.1 Å². The summed E-state index contributed by atoms with van der Waals surface area (Å²) in [4.78, 5) is 32.7. The Hall–Kier alpha value is -3.09. The van der Waals surface area contributed by atoms with Crippen LogP contribution in [0.1, 0.15) is 63.4 Å². The molecule has 0 radical (unpaired) electrons. The molecule has 230 valence electrons. The highest BCUT2D eigenvalue weighted by Crippen LogP contribution is 2.38. The SMILES string of the molecule is CCCCN(CC)S(=O)(=O)c1ccc(C(=O)Nc2sc3c(c2C(=O)N2CCOCC2)CCN(Cc2ccccc2)C3)cc1. The van der Waals surface area contributed by atoms with Gasteiger partial charge in [0.25, 0.3) is 11.8 Å². The first-order chi connectivity index (χ1) is 20.8. The first kappa shape index (κ1) is 31.3. The van der Waals surface area contributed by atoms with E-state index in [1.165, 1.54) is 45.5 Å². The molecule has 1 N–H and O–H groups in total. The zero-order valence-corrected chi connectivity index (χ0v) is 26.5. The molecule has 0 unspecified atom stereocenters. The van der Waals surface area contributed by atoms with Gasteiger partial charge in [-0.3, -0.25) is 14.5 Å². The average molecular weight is 625 g/mol. The second kappa shape index (κ2) is 14.1. The molecule has 2 aromatic carbocycles. The monoisotopic (exact) mass is 624 g/mol. The Bertz CT molecular complexity index is 1520. The van der Waals surface area contributed by atoms with Crippen molar-refractivity contribution >= 4 is 38.2 Å². The Balaban J connectivity index is 1.38. The number of nitrogens with zero attached hydrogens (tertiary/aromatic N) is 3. The average Bonchev–Trinajstić information content (AvgIpc) is 3.38. The van der Waals surface area contributed by atoms with Gasteiger partial charge in [-0.1, -0.05) is 50.6 Å². The smallest absolute Gasteiger partial charge is 0.257 e. The third kappa shape index (κ3) is 7.18. The molecule has 3 heterocycles. The van der Waals surface area contributed by atoms with Crippen LogP contribution in [0.3, 0.4) is 0 Å². The molecule has 0 atom stereocenters. The van der Waals surface area contributed by atoms with Crippen LogP contribution in [0.25, 0.3) is 0 Å². The summed E-state index contributed by atoms with van der Waals surface area (Å²) in [5, 5.41) is 3.55. The van der Waals surface area contributed by atoms with Gasteiger partial charge in [0.1, 0.15) is 5.00 Å². The van der Waals surface area contributed by atoms with E-state index in [0.717, 1.165) is 42.8 Å². The molecule has 3 aromatic rings. The molecule has 2 aliphatic rings. The largest absolute Gasteiger partial charge is 0.378 e. The fraction of sp³-hybridized carbons (Fsp3) is 0.438. The predicted octanol–water partition coefficient (Wildman–Crippen LogP) is 4.84. The van der Waals surface area contributed by atoms with Crippen LogP contribution in [0.15, 0.2) is 59.5 Å². The third-order valence-corrected chi connectivity index (χ3v) is 11.1. The van der Waals surface area contributed by atoms with Crippen molar-refractivity contribution in [2.75, 3.05) is 51.3 Å². The van der Waals surface area contributed by atoms with E-state index in [1.54, 1.807) is 4.90 Å². The highest BCUT2D eigenvalue weighted by molar-refractivity contribution is 7.89. The summed E-state index contributed by atoms with van der Waals surface area (Å²) in [5.41, 5.74) is 3.15. The Kier molecular flexibility index (Phi) is 10.3. The molecule has 0 saturated carbocycles. The first-order valence-electron chi connectivity index (χ1n) is 15.0. The Morgan fingerprint density at radius 1 is 1.00 bits per heavy atom. The van der Waals surface area contributed by atoms with E-state index in [1.807, 2.05) is 32.0 Å². The molecule has 0 bridgehead atoms. The lowest BCUT2D eigenvalue weighted by molar-refractivity contribution is 0.0302. The number of fused-ring (bicyclic) bond motifs is 1. The fourth-order valence-corrected chi connectivity index (χ4v) is 8.32. The fourth-order valence-electron chi connectivity index (χ4n) is 5.56. The van der Waals surface area contributed by atoms with Crippen molar-refractivity contribution in [3.63, 3.8) is 0 Å². The van der Waals surface area contributed by atoms with Crippen molar-refractivity contribution in [1.82, 2.24) is 14.1 Å². The van der Waals surface area contributed by atoms with Crippen molar-refractivity contribution in [2.24, 2.45) is 0 Å². The molecule has 0 aliphatic carbocycles. The molecule has 1 saturated heterocycles. The molecular formula is C32H40N4O5S2. The lowest BCUT2D eigenvalue weighted by Gasteiger charge is -2.29. The molecular weight excluding hydrogens is 585 g/mol. The highest BCUT2D eigenvalue weighted by atomic mass is 32.2. The standard InChI is InChI=1S/C32H40N4O5S2/c1-3-5-16-36(4-2)43(39,40)26-13-11-25(12-14-26)30(37)33-31-29(32(38)35-18-20-41-21-19-35)27-15-17-34(23-28(27)42-31)22-24-9-7-6-8-10-24/h6-14H,3-5,15-23H2,1-2H3,(H,33,37). The van der Waals surface area contributed by atoms with Gasteiger partial charge in [0.15, 0.2) is 0 Å². The number of carbonyl (C=O) groups excluding carboxylic acids is 2. The number of ether oxygens (including phenoxy) is 1. The van der Waals surface area contributed by atoms with Gasteiger partial charge in [-0.15, -0.1) is 11.3 Å². The van der Waals surface area contributed by atoms with Gasteiger partial charge in [-0.2, -0.15) is 4.31 Å². The number of morpholine rings is 1. The maximum absolute atomic E-state index is 13.8. The molecule has 0 spiro atoms. The second-order valence-corrected chi connectivity index (χ2v) is 13.9. The maximum Gasteiger partial charge on any atom is 0.257 e. The molecule has 5 rings (SSSR count). The van der Waals surface area contributed by atoms with E-state index in [-0.39, 0.29) is 16.7 Å². The summed E-state index contributed by atoms with van der Waals surface area (Å²) in [6, 6.07) is 16.4. The summed E-state index contributed by atoms with van der Waals surface area (Å²) in [6.45, 7) is 9.05. The molecule has 9 nitrogen and oxygen atoms in total. The molecule has 1 fully saturated rings. The number of hydrogen-bond donors (Lipinski definition) is 1. The second-order valence-electron chi connectivity index (χ2n) is 10.9. The molecule has 43 heavy (non-hydrogen) atoms. The van der Waals surface area contributed by atoms with E-state index < -0.39 is 10.0 Å². The van der Waals surface area contributed by atoms with Crippen molar-refractivity contribution in [3.8, 4) is 0 Å². The van der Waals surface area contributed by atoms with Gasteiger partial charge in [0, 0.05) is 56.3 Å². The number of sulfonamides is 1. The number of rotatable bonds is 11. The number of unbranched alkanes of at least 4 members (excludes halogenated alkanes) is 1. The molecule has 2 aliphatic heterocycles. The van der Waals surface area contributed by atoms with Gasteiger partial charge in [-0.25, -0.2) is 8.42 Å². The first-order valence-corrected chi connectivity index (χ1v) is 17.3. The van der Waals surface area contributed by atoms with E-state index >= 15 is 0 Å². The number of carbonyl (C=O) groups is 2. The lowest BCUT2D eigenvalue weighted by atomic mass is 10.0. The quantitative estimate of drug-likeness (QED) is 0.328. The number of hydrogen-bond acceptors (Lipinski definition) is 7. The van der Waals surface area contributed by atoms with Crippen LogP contribution < -0.4 is 5.32 Å². The Morgan fingerprint density at radius 2 is 1.72 bits per heavy atom. The summed E-state index contributed by atoms with van der Waals surface area (Å²) in [5.74, 6) is -0.459. The van der Waals surface area contributed by atoms with Crippen LogP contribution >= 0.6 is 11.3 Å². The normalized spacial score (nSPS) is 15.8. The van der Waals surface area contributed by atoms with Gasteiger partial charge in [0.05, 0.1) is 23.7 Å². The minimum Gasteiger partial charge on any atom is -0.378 e. The minimum absolute atomic E-state index is 0.0826. The van der Waals surface area contributed by atoms with E-state index in [4.69, 9.17) is 4.74 Å². The number of thiophene rings is 1.